The number of hydrogen-bond acceptors (Lipinski definition) is 8. The average molecular weight is 703 g/mol. The van der Waals surface area contributed by atoms with Gasteiger partial charge in [-0.05, 0) is 36.0 Å². The molecule has 280 valence electrons. The van der Waals surface area contributed by atoms with Gasteiger partial charge < -0.3 is 30.9 Å². The highest BCUT2D eigenvalue weighted by molar-refractivity contribution is 6.38. The fourth-order valence-electron chi connectivity index (χ4n) is 6.68. The van der Waals surface area contributed by atoms with Crippen molar-refractivity contribution in [3.05, 3.63) is 12.7 Å². The average Bonchev–Trinajstić information content (AvgIpc) is 3.41. The standard InChI is InChI=1S/C36H58N6O8/c1-8-16-37-32(47)30(45)24-14-12-10-9-11-13-18-50-22-25(33(48)41-17-15-23(2)29(41)31(46)38-24)39-34(49)40-26(35(3,4)5)21-42-27(43)19-36(6,7)20-28(42)44/h8,23-26,29H,1,9-22H2,2-7H3,(H,37,47)(H,38,46)(H2,39,40,49)/t23-,24-,25-,26+,29-/m0/s1. The third kappa shape index (κ3) is 11.4. The Balaban J connectivity index is 1.81. The van der Waals surface area contributed by atoms with Crippen LogP contribution in [0.3, 0.4) is 0 Å². The smallest absolute Gasteiger partial charge is 0.315 e. The topological polar surface area (TPSA) is 183 Å². The first-order valence-corrected chi connectivity index (χ1v) is 18.0. The molecule has 50 heavy (non-hydrogen) atoms. The molecule has 0 spiro atoms. The normalized spacial score (nSPS) is 26.4. The predicted octanol–water partition coefficient (Wildman–Crippen LogP) is 2.21. The van der Waals surface area contributed by atoms with Gasteiger partial charge in [0.15, 0.2) is 0 Å². The number of ether oxygens (including phenoxy) is 1. The summed E-state index contributed by atoms with van der Waals surface area (Å²) in [7, 11) is 0. The maximum Gasteiger partial charge on any atom is 0.315 e. The number of rotatable bonds is 8. The number of carbonyl (C=O) groups excluding carboxylic acids is 7. The van der Waals surface area contributed by atoms with Crippen molar-refractivity contribution in [3.8, 4) is 0 Å². The van der Waals surface area contributed by atoms with Gasteiger partial charge in [0.25, 0.3) is 5.91 Å². The molecule has 3 heterocycles. The Morgan fingerprint density at radius 2 is 1.66 bits per heavy atom. The Kier molecular flexibility index (Phi) is 14.6. The summed E-state index contributed by atoms with van der Waals surface area (Å²) in [5.74, 6) is -3.46. The minimum atomic E-state index is -1.15. The van der Waals surface area contributed by atoms with Crippen molar-refractivity contribution in [2.45, 2.75) is 123 Å². The fraction of sp³-hybridized carbons (Fsp3) is 0.750. The van der Waals surface area contributed by atoms with Crippen LogP contribution in [-0.2, 0) is 33.5 Å². The SMILES string of the molecule is C=CCNC(=O)C(=O)[C@@H]1CCCCCCCOC[C@H](NC(=O)N[C@H](CN2C(=O)CC(C)(C)CC2=O)C(C)(C)C)C(=O)N2CC[C@H](C)[C@H]2C(=O)N1. The Hall–Kier alpha value is -3.81. The van der Waals surface area contributed by atoms with Crippen LogP contribution in [-0.4, -0.2) is 108 Å². The molecule has 0 radical (unpaired) electrons. The number of nitrogens with zero attached hydrogens (tertiary/aromatic N) is 2. The lowest BCUT2D eigenvalue weighted by molar-refractivity contribution is -0.153. The van der Waals surface area contributed by atoms with E-state index in [0.717, 1.165) is 25.7 Å². The molecule has 4 N–H and O–H groups in total. The van der Waals surface area contributed by atoms with Crippen molar-refractivity contribution < 1.29 is 38.3 Å². The molecule has 3 rings (SSSR count). The first-order valence-electron chi connectivity index (χ1n) is 18.0. The second-order valence-electron chi connectivity index (χ2n) is 15.8. The molecular weight excluding hydrogens is 644 g/mol. The molecule has 0 aromatic heterocycles. The van der Waals surface area contributed by atoms with Crippen LogP contribution < -0.4 is 21.3 Å². The Morgan fingerprint density at radius 1 is 1.02 bits per heavy atom. The molecule has 3 aliphatic heterocycles. The van der Waals surface area contributed by atoms with E-state index in [1.54, 1.807) is 0 Å². The molecule has 5 atom stereocenters. The molecule has 0 aliphatic carbocycles. The lowest BCUT2D eigenvalue weighted by atomic mass is 9.80. The van der Waals surface area contributed by atoms with Gasteiger partial charge in [0.2, 0.25) is 29.4 Å². The predicted molar refractivity (Wildman–Crippen MR) is 186 cm³/mol. The molecule has 3 aliphatic rings. The zero-order valence-electron chi connectivity index (χ0n) is 30.7. The van der Waals surface area contributed by atoms with Crippen LogP contribution in [0.15, 0.2) is 12.7 Å². The van der Waals surface area contributed by atoms with E-state index in [-0.39, 0.29) is 63.2 Å². The maximum absolute atomic E-state index is 14.1. The van der Waals surface area contributed by atoms with Gasteiger partial charge in [0.05, 0.1) is 18.7 Å². The summed E-state index contributed by atoms with van der Waals surface area (Å²) in [4.78, 5) is 95.6. The molecular formula is C36H58N6O8. The van der Waals surface area contributed by atoms with Crippen molar-refractivity contribution in [1.82, 2.24) is 31.1 Å². The molecule has 14 nitrogen and oxygen atoms in total. The first kappa shape index (κ1) is 40.6. The quantitative estimate of drug-likeness (QED) is 0.169. The van der Waals surface area contributed by atoms with Crippen LogP contribution in [0.25, 0.3) is 0 Å². The second-order valence-corrected chi connectivity index (χ2v) is 15.8. The van der Waals surface area contributed by atoms with Crippen LogP contribution in [0.2, 0.25) is 0 Å². The summed E-state index contributed by atoms with van der Waals surface area (Å²) >= 11 is 0. The lowest BCUT2D eigenvalue weighted by Crippen LogP contribution is -2.61. The van der Waals surface area contributed by atoms with Gasteiger partial charge in [-0.3, -0.25) is 33.7 Å². The van der Waals surface area contributed by atoms with E-state index in [1.807, 2.05) is 41.5 Å². The number of amides is 7. The number of piperidine rings is 1. The van der Waals surface area contributed by atoms with E-state index in [1.165, 1.54) is 15.9 Å². The van der Waals surface area contributed by atoms with Crippen LogP contribution in [0.1, 0.15) is 99.3 Å². The van der Waals surface area contributed by atoms with Crippen molar-refractivity contribution in [2.75, 3.05) is 32.8 Å². The number of nitrogens with one attached hydrogen (secondary N) is 4. The minimum absolute atomic E-state index is 0.0167. The van der Waals surface area contributed by atoms with Gasteiger partial charge in [0, 0.05) is 39.1 Å². The highest BCUT2D eigenvalue weighted by atomic mass is 16.5. The lowest BCUT2D eigenvalue weighted by Gasteiger charge is -2.40. The van der Waals surface area contributed by atoms with E-state index in [2.05, 4.69) is 27.8 Å². The summed E-state index contributed by atoms with van der Waals surface area (Å²) in [6.07, 6.45) is 6.53. The van der Waals surface area contributed by atoms with E-state index < -0.39 is 64.5 Å². The van der Waals surface area contributed by atoms with Crippen LogP contribution >= 0.6 is 0 Å². The minimum Gasteiger partial charge on any atom is -0.379 e. The molecule has 3 fully saturated rings. The van der Waals surface area contributed by atoms with E-state index in [9.17, 15) is 33.6 Å². The zero-order chi connectivity index (χ0) is 37.2. The highest BCUT2D eigenvalue weighted by Crippen LogP contribution is 2.33. The summed E-state index contributed by atoms with van der Waals surface area (Å²) in [5, 5.41) is 10.9. The number of ketones is 1. The zero-order valence-corrected chi connectivity index (χ0v) is 30.7. The molecule has 0 aromatic carbocycles. The van der Waals surface area contributed by atoms with E-state index >= 15 is 0 Å². The summed E-state index contributed by atoms with van der Waals surface area (Å²) < 4.78 is 5.88. The van der Waals surface area contributed by atoms with E-state index in [0.29, 0.717) is 19.4 Å². The Morgan fingerprint density at radius 3 is 2.30 bits per heavy atom. The Labute approximate surface area is 296 Å². The van der Waals surface area contributed by atoms with Gasteiger partial charge in [-0.1, -0.05) is 73.3 Å². The third-order valence-electron chi connectivity index (χ3n) is 9.76. The number of carbonyl (C=O) groups is 7. The first-order chi connectivity index (χ1) is 23.4. The largest absolute Gasteiger partial charge is 0.379 e. The van der Waals surface area contributed by atoms with Crippen LogP contribution in [0.5, 0.6) is 0 Å². The van der Waals surface area contributed by atoms with Gasteiger partial charge in [-0.2, -0.15) is 0 Å². The number of urea groups is 1. The summed E-state index contributed by atoms with van der Waals surface area (Å²) in [6.45, 7) is 15.4. The molecule has 7 amide bonds. The second kappa shape index (κ2) is 17.9. The molecule has 14 heteroatoms. The number of hydrogen-bond donors (Lipinski definition) is 4. The van der Waals surface area contributed by atoms with Gasteiger partial charge >= 0.3 is 6.03 Å². The third-order valence-corrected chi connectivity index (χ3v) is 9.76. The number of likely N-dealkylation sites (tertiary alicyclic amines) is 1. The summed E-state index contributed by atoms with van der Waals surface area (Å²) in [6, 6.07) is -4.44. The molecule has 0 unspecified atom stereocenters. The molecule has 0 aromatic rings. The Bertz CT molecular complexity index is 1270. The number of Topliss-reactive ketones (excluding diaryl/α,β-unsaturated/α-hetero) is 1. The van der Waals surface area contributed by atoms with Gasteiger partial charge in [-0.15, -0.1) is 6.58 Å². The highest BCUT2D eigenvalue weighted by Gasteiger charge is 2.44. The fourth-order valence-corrected chi connectivity index (χ4v) is 6.68. The summed E-state index contributed by atoms with van der Waals surface area (Å²) in [5.41, 5.74) is -0.994. The molecule has 0 bridgehead atoms. The van der Waals surface area contributed by atoms with Crippen molar-refractivity contribution in [3.63, 3.8) is 0 Å². The van der Waals surface area contributed by atoms with Crippen molar-refractivity contribution in [2.24, 2.45) is 16.7 Å². The van der Waals surface area contributed by atoms with Gasteiger partial charge in [-0.25, -0.2) is 4.79 Å². The van der Waals surface area contributed by atoms with E-state index in [4.69, 9.17) is 4.74 Å². The number of imide groups is 1. The van der Waals surface area contributed by atoms with Crippen LogP contribution in [0.4, 0.5) is 4.79 Å². The molecule has 3 saturated heterocycles. The van der Waals surface area contributed by atoms with Crippen LogP contribution in [0, 0.1) is 16.7 Å². The van der Waals surface area contributed by atoms with Gasteiger partial charge in [0.1, 0.15) is 12.1 Å². The number of fused-ring (bicyclic) bond motifs is 1. The maximum atomic E-state index is 14.1. The monoisotopic (exact) mass is 702 g/mol. The molecule has 0 saturated carbocycles. The van der Waals surface area contributed by atoms with Crippen molar-refractivity contribution >= 4 is 41.4 Å². The van der Waals surface area contributed by atoms with Crippen molar-refractivity contribution in [1.29, 1.82) is 0 Å².